The molecule has 1 saturated carbocycles. The minimum absolute atomic E-state index is 0.886. The quantitative estimate of drug-likeness (QED) is 0.753. The third kappa shape index (κ3) is 1.74. The molecule has 0 saturated heterocycles. The summed E-state index contributed by atoms with van der Waals surface area (Å²) in [5, 5.41) is 0. The molecule has 0 amide bonds. The number of nitrogens with zero attached hydrogens (tertiary/aromatic N) is 1. The third-order valence-electron chi connectivity index (χ3n) is 3.83. The molecule has 0 unspecified atom stereocenters. The summed E-state index contributed by atoms with van der Waals surface area (Å²) in [5.41, 5.74) is 3.07. The first-order valence-electron chi connectivity index (χ1n) is 5.85. The Kier molecular flexibility index (Phi) is 2.57. The second-order valence-corrected chi connectivity index (χ2v) is 5.54. The lowest BCUT2D eigenvalue weighted by atomic mass is 9.89. The molecule has 80 valence electrons. The van der Waals surface area contributed by atoms with Crippen LogP contribution < -0.4 is 0 Å². The summed E-state index contributed by atoms with van der Waals surface area (Å²) in [6, 6.07) is 7.49. The van der Waals surface area contributed by atoms with E-state index in [0.717, 1.165) is 6.04 Å². The van der Waals surface area contributed by atoms with E-state index in [0.29, 0.717) is 0 Å². The van der Waals surface area contributed by atoms with Crippen LogP contribution in [-0.2, 0) is 13.0 Å². The average molecular weight is 266 g/mol. The molecule has 0 bridgehead atoms. The molecule has 1 fully saturated rings. The van der Waals surface area contributed by atoms with Gasteiger partial charge in [-0.1, -0.05) is 34.5 Å². The Balaban J connectivity index is 1.83. The highest BCUT2D eigenvalue weighted by atomic mass is 79.9. The molecule has 1 nitrogen and oxygen atoms in total. The Bertz CT molecular complexity index is 371. The van der Waals surface area contributed by atoms with Crippen LogP contribution in [0.25, 0.3) is 0 Å². The molecule has 0 atom stereocenters. The monoisotopic (exact) mass is 265 g/mol. The first-order valence-corrected chi connectivity index (χ1v) is 6.64. The van der Waals surface area contributed by atoms with Crippen molar-refractivity contribution in [3.8, 4) is 0 Å². The van der Waals surface area contributed by atoms with Crippen LogP contribution in [0, 0.1) is 0 Å². The lowest BCUT2D eigenvalue weighted by Gasteiger charge is -2.40. The van der Waals surface area contributed by atoms with E-state index in [1.165, 1.54) is 54.4 Å². The van der Waals surface area contributed by atoms with Crippen molar-refractivity contribution in [3.05, 3.63) is 33.8 Å². The minimum Gasteiger partial charge on any atom is -0.296 e. The van der Waals surface area contributed by atoms with Crippen LogP contribution in [0.4, 0.5) is 0 Å². The summed E-state index contributed by atoms with van der Waals surface area (Å²) in [5.74, 6) is 0. The maximum Gasteiger partial charge on any atom is 0.0239 e. The smallest absolute Gasteiger partial charge is 0.0239 e. The van der Waals surface area contributed by atoms with Gasteiger partial charge in [-0.2, -0.15) is 0 Å². The van der Waals surface area contributed by atoms with Gasteiger partial charge in [-0.15, -0.1) is 0 Å². The van der Waals surface area contributed by atoms with Gasteiger partial charge in [-0.25, -0.2) is 0 Å². The van der Waals surface area contributed by atoms with E-state index in [1.807, 2.05) is 0 Å². The van der Waals surface area contributed by atoms with Crippen molar-refractivity contribution in [2.24, 2.45) is 0 Å². The van der Waals surface area contributed by atoms with Gasteiger partial charge in [0, 0.05) is 23.6 Å². The average Bonchev–Trinajstić information content (AvgIpc) is 2.15. The number of rotatable bonds is 1. The van der Waals surface area contributed by atoms with E-state index in [2.05, 4.69) is 39.0 Å². The zero-order valence-corrected chi connectivity index (χ0v) is 10.5. The Morgan fingerprint density at radius 2 is 2.13 bits per heavy atom. The van der Waals surface area contributed by atoms with Gasteiger partial charge in [-0.05, 0) is 36.5 Å². The topological polar surface area (TPSA) is 3.24 Å². The van der Waals surface area contributed by atoms with Gasteiger partial charge in [0.25, 0.3) is 0 Å². The van der Waals surface area contributed by atoms with Gasteiger partial charge < -0.3 is 0 Å². The number of fused-ring (bicyclic) bond motifs is 1. The second kappa shape index (κ2) is 3.91. The zero-order valence-electron chi connectivity index (χ0n) is 8.88. The molecule has 0 aromatic heterocycles. The summed E-state index contributed by atoms with van der Waals surface area (Å²) in [6.07, 6.45) is 5.49. The van der Waals surface area contributed by atoms with Crippen LogP contribution in [0.3, 0.4) is 0 Å². The zero-order chi connectivity index (χ0) is 10.3. The molecule has 1 aliphatic heterocycles. The summed E-state index contributed by atoms with van der Waals surface area (Å²) < 4.78 is 1.30. The summed E-state index contributed by atoms with van der Waals surface area (Å²) in [4.78, 5) is 2.66. The molecule has 2 heteroatoms. The Labute approximate surface area is 99.6 Å². The maximum absolute atomic E-state index is 3.65. The summed E-state index contributed by atoms with van der Waals surface area (Å²) in [7, 11) is 0. The lowest BCUT2D eigenvalue weighted by molar-refractivity contribution is 0.113. The molecule has 0 radical (unpaired) electrons. The van der Waals surface area contributed by atoms with Gasteiger partial charge in [0.2, 0.25) is 0 Å². The van der Waals surface area contributed by atoms with Crippen molar-refractivity contribution < 1.29 is 0 Å². The van der Waals surface area contributed by atoms with E-state index in [-0.39, 0.29) is 0 Å². The summed E-state index contributed by atoms with van der Waals surface area (Å²) >= 11 is 3.65. The van der Waals surface area contributed by atoms with Crippen LogP contribution in [-0.4, -0.2) is 17.5 Å². The van der Waals surface area contributed by atoms with E-state index in [1.54, 1.807) is 0 Å². The van der Waals surface area contributed by atoms with Crippen molar-refractivity contribution in [2.45, 2.75) is 38.3 Å². The molecule has 15 heavy (non-hydrogen) atoms. The fraction of sp³-hybridized carbons (Fsp3) is 0.538. The molecular formula is C13H16BrN. The van der Waals surface area contributed by atoms with Crippen molar-refractivity contribution >= 4 is 15.9 Å². The molecule has 1 heterocycles. The fourth-order valence-corrected chi connectivity index (χ4v) is 3.25. The molecule has 1 aromatic rings. The SMILES string of the molecule is Brc1cccc2c1CCN(C1CCC1)C2. The van der Waals surface area contributed by atoms with Crippen molar-refractivity contribution in [1.29, 1.82) is 0 Å². The van der Waals surface area contributed by atoms with Crippen LogP contribution in [0.5, 0.6) is 0 Å². The first kappa shape index (κ1) is 9.86. The molecule has 0 spiro atoms. The first-order chi connectivity index (χ1) is 7.34. The van der Waals surface area contributed by atoms with Crippen LogP contribution in [0.15, 0.2) is 22.7 Å². The lowest BCUT2D eigenvalue weighted by Crippen LogP contribution is -2.43. The molecule has 2 aliphatic rings. The van der Waals surface area contributed by atoms with Gasteiger partial charge in [0.05, 0.1) is 0 Å². The Hall–Kier alpha value is -0.340. The number of halogens is 1. The van der Waals surface area contributed by atoms with E-state index >= 15 is 0 Å². The largest absolute Gasteiger partial charge is 0.296 e. The van der Waals surface area contributed by atoms with Gasteiger partial charge >= 0.3 is 0 Å². The van der Waals surface area contributed by atoms with Gasteiger partial charge in [0.15, 0.2) is 0 Å². The van der Waals surface area contributed by atoms with Gasteiger partial charge in [-0.3, -0.25) is 4.90 Å². The molecule has 0 N–H and O–H groups in total. The summed E-state index contributed by atoms with van der Waals surface area (Å²) in [6.45, 7) is 2.42. The third-order valence-corrected chi connectivity index (χ3v) is 4.57. The van der Waals surface area contributed by atoms with Crippen molar-refractivity contribution in [1.82, 2.24) is 4.90 Å². The predicted octanol–water partition coefficient (Wildman–Crippen LogP) is 3.36. The standard InChI is InChI=1S/C13H16BrN/c14-13-6-1-3-10-9-15(8-7-12(10)13)11-4-2-5-11/h1,3,6,11H,2,4-5,7-9H2. The molecule has 1 aromatic carbocycles. The van der Waals surface area contributed by atoms with Crippen molar-refractivity contribution in [2.75, 3.05) is 6.54 Å². The van der Waals surface area contributed by atoms with Gasteiger partial charge in [0.1, 0.15) is 0 Å². The molecule has 3 rings (SSSR count). The van der Waals surface area contributed by atoms with Crippen LogP contribution in [0.2, 0.25) is 0 Å². The molecule has 1 aliphatic carbocycles. The maximum atomic E-state index is 3.65. The minimum atomic E-state index is 0.886. The van der Waals surface area contributed by atoms with Crippen LogP contribution in [0.1, 0.15) is 30.4 Å². The predicted molar refractivity (Wildman–Crippen MR) is 65.9 cm³/mol. The molecular weight excluding hydrogens is 250 g/mol. The number of hydrogen-bond donors (Lipinski definition) is 0. The fourth-order valence-electron chi connectivity index (χ4n) is 2.65. The normalized spacial score (nSPS) is 22.2. The highest BCUT2D eigenvalue weighted by molar-refractivity contribution is 9.10. The number of hydrogen-bond acceptors (Lipinski definition) is 1. The van der Waals surface area contributed by atoms with Crippen molar-refractivity contribution in [3.63, 3.8) is 0 Å². The Morgan fingerprint density at radius 1 is 1.27 bits per heavy atom. The highest BCUT2D eigenvalue weighted by Crippen LogP contribution is 2.32. The van der Waals surface area contributed by atoms with Crippen LogP contribution >= 0.6 is 15.9 Å². The van der Waals surface area contributed by atoms with E-state index in [9.17, 15) is 0 Å². The van der Waals surface area contributed by atoms with E-state index < -0.39 is 0 Å². The number of benzene rings is 1. The Morgan fingerprint density at radius 3 is 2.87 bits per heavy atom. The van der Waals surface area contributed by atoms with E-state index in [4.69, 9.17) is 0 Å². The highest BCUT2D eigenvalue weighted by Gasteiger charge is 2.28. The second-order valence-electron chi connectivity index (χ2n) is 4.68.